The number of aromatic nitrogens is 1. The molecular weight excluding hydrogens is 566 g/mol. The lowest BCUT2D eigenvalue weighted by Gasteiger charge is -2.24. The van der Waals surface area contributed by atoms with Crippen LogP contribution in [0.15, 0.2) is 46.9 Å². The van der Waals surface area contributed by atoms with Gasteiger partial charge in [-0.1, -0.05) is 45.7 Å². The van der Waals surface area contributed by atoms with Crippen molar-refractivity contribution in [2.24, 2.45) is 0 Å². The molecule has 1 N–H and O–H groups in total. The number of anilines is 1. The number of benzene rings is 2. The number of nitrogens with one attached hydrogen (secondary N) is 1. The number of halogens is 2. The molecule has 1 atom stereocenters. The Hall–Kier alpha value is -2.64. The molecule has 0 radical (unpaired) electrons. The van der Waals surface area contributed by atoms with Crippen LogP contribution in [-0.4, -0.2) is 42.1 Å². The second kappa shape index (κ2) is 12.0. The fourth-order valence-corrected chi connectivity index (χ4v) is 5.66. The molecule has 0 aliphatic carbocycles. The molecule has 1 saturated heterocycles. The summed E-state index contributed by atoms with van der Waals surface area (Å²) in [5.41, 5.74) is 2.64. The zero-order valence-corrected chi connectivity index (χ0v) is 24.8. The van der Waals surface area contributed by atoms with Crippen LogP contribution in [0, 0.1) is 6.92 Å². The SMILES string of the molecule is Cc1c(N2CCCC2)nc2ccc(Br)cc2c1C(=O)NCC(CCC(=O)OC(C)(C)C)c1ccccc1Cl. The van der Waals surface area contributed by atoms with Crippen molar-refractivity contribution in [3.05, 3.63) is 68.7 Å². The maximum atomic E-state index is 13.8. The van der Waals surface area contributed by atoms with Crippen molar-refractivity contribution in [2.75, 3.05) is 24.5 Å². The first-order chi connectivity index (χ1) is 18.0. The molecular formula is C30H35BrClN3O3. The summed E-state index contributed by atoms with van der Waals surface area (Å²) in [5, 5.41) is 4.57. The van der Waals surface area contributed by atoms with Gasteiger partial charge in [-0.15, -0.1) is 0 Å². The van der Waals surface area contributed by atoms with Crippen molar-refractivity contribution < 1.29 is 14.3 Å². The van der Waals surface area contributed by atoms with Crippen LogP contribution in [0.3, 0.4) is 0 Å². The topological polar surface area (TPSA) is 71.5 Å². The Kier molecular flexibility index (Phi) is 8.99. The fourth-order valence-electron chi connectivity index (χ4n) is 5.01. The molecule has 4 rings (SSSR count). The van der Waals surface area contributed by atoms with Gasteiger partial charge in [-0.2, -0.15) is 0 Å². The van der Waals surface area contributed by atoms with Gasteiger partial charge in [-0.05, 0) is 76.8 Å². The Bertz CT molecular complexity index is 1330. The van der Waals surface area contributed by atoms with Crippen LogP contribution in [0.4, 0.5) is 5.82 Å². The van der Waals surface area contributed by atoms with Gasteiger partial charge in [0.1, 0.15) is 11.4 Å². The third-order valence-electron chi connectivity index (χ3n) is 6.77. The average molecular weight is 601 g/mol. The van der Waals surface area contributed by atoms with Crippen LogP contribution in [0.2, 0.25) is 5.02 Å². The molecule has 202 valence electrons. The monoisotopic (exact) mass is 599 g/mol. The summed E-state index contributed by atoms with van der Waals surface area (Å²) in [5.74, 6) is 0.285. The van der Waals surface area contributed by atoms with E-state index in [4.69, 9.17) is 21.3 Å². The minimum absolute atomic E-state index is 0.154. The van der Waals surface area contributed by atoms with Gasteiger partial charge in [0.2, 0.25) is 0 Å². The van der Waals surface area contributed by atoms with Crippen molar-refractivity contribution in [1.29, 1.82) is 0 Å². The Labute approximate surface area is 238 Å². The molecule has 0 saturated carbocycles. The lowest BCUT2D eigenvalue weighted by atomic mass is 9.93. The van der Waals surface area contributed by atoms with E-state index in [0.717, 1.165) is 58.3 Å². The van der Waals surface area contributed by atoms with Crippen LogP contribution in [0.5, 0.6) is 0 Å². The van der Waals surface area contributed by atoms with Gasteiger partial charge in [0.25, 0.3) is 5.91 Å². The smallest absolute Gasteiger partial charge is 0.306 e. The Balaban J connectivity index is 1.61. The number of ether oxygens (including phenoxy) is 1. The highest BCUT2D eigenvalue weighted by Gasteiger charge is 2.25. The van der Waals surface area contributed by atoms with Crippen LogP contribution >= 0.6 is 27.5 Å². The second-order valence-corrected chi connectivity index (χ2v) is 12.2. The van der Waals surface area contributed by atoms with Crippen LogP contribution in [-0.2, 0) is 9.53 Å². The first-order valence-electron chi connectivity index (χ1n) is 13.1. The predicted molar refractivity (Wildman–Crippen MR) is 157 cm³/mol. The highest BCUT2D eigenvalue weighted by molar-refractivity contribution is 9.10. The van der Waals surface area contributed by atoms with E-state index in [9.17, 15) is 9.59 Å². The molecule has 6 nitrogen and oxygen atoms in total. The number of rotatable bonds is 8. The maximum absolute atomic E-state index is 13.8. The van der Waals surface area contributed by atoms with Gasteiger partial charge in [0.15, 0.2) is 0 Å². The molecule has 1 aliphatic rings. The molecule has 0 spiro atoms. The van der Waals surface area contributed by atoms with Crippen molar-refractivity contribution in [3.63, 3.8) is 0 Å². The molecule has 1 aromatic heterocycles. The van der Waals surface area contributed by atoms with E-state index in [1.165, 1.54) is 0 Å². The van der Waals surface area contributed by atoms with Crippen molar-refractivity contribution in [2.45, 2.75) is 64.9 Å². The average Bonchev–Trinajstić information content (AvgIpc) is 3.38. The molecule has 38 heavy (non-hydrogen) atoms. The number of hydrogen-bond acceptors (Lipinski definition) is 5. The molecule has 1 unspecified atom stereocenters. The minimum atomic E-state index is -0.549. The van der Waals surface area contributed by atoms with Crippen molar-refractivity contribution in [3.8, 4) is 0 Å². The zero-order chi connectivity index (χ0) is 27.4. The van der Waals surface area contributed by atoms with E-state index in [-0.39, 0.29) is 24.2 Å². The second-order valence-electron chi connectivity index (χ2n) is 10.8. The van der Waals surface area contributed by atoms with E-state index in [1.54, 1.807) is 0 Å². The Morgan fingerprint density at radius 1 is 1.16 bits per heavy atom. The van der Waals surface area contributed by atoms with Gasteiger partial charge in [-0.25, -0.2) is 4.98 Å². The van der Waals surface area contributed by atoms with E-state index in [0.29, 0.717) is 23.6 Å². The van der Waals surface area contributed by atoms with E-state index >= 15 is 0 Å². The standard InChI is InChI=1S/C30H35BrClN3O3/c1-19-27(23-17-21(31)12-13-25(23)34-28(19)35-15-7-8-16-35)29(37)33-18-20(22-9-5-6-10-24(22)32)11-14-26(36)38-30(2,3)4/h5-6,9-10,12-13,17,20H,7-8,11,14-16,18H2,1-4H3,(H,33,37). The van der Waals surface area contributed by atoms with Crippen LogP contribution < -0.4 is 10.2 Å². The van der Waals surface area contributed by atoms with Gasteiger partial charge in [0, 0.05) is 52.4 Å². The maximum Gasteiger partial charge on any atom is 0.306 e. The van der Waals surface area contributed by atoms with Crippen LogP contribution in [0.25, 0.3) is 10.9 Å². The minimum Gasteiger partial charge on any atom is -0.460 e. The third kappa shape index (κ3) is 6.86. The summed E-state index contributed by atoms with van der Waals surface area (Å²) >= 11 is 10.1. The number of esters is 1. The molecule has 1 aliphatic heterocycles. The number of amides is 1. The normalized spacial score (nSPS) is 14.5. The van der Waals surface area contributed by atoms with Gasteiger partial charge in [-0.3, -0.25) is 9.59 Å². The summed E-state index contributed by atoms with van der Waals surface area (Å²) in [6.45, 7) is 9.75. The van der Waals surface area contributed by atoms with Crippen molar-refractivity contribution in [1.82, 2.24) is 10.3 Å². The fraction of sp³-hybridized carbons (Fsp3) is 0.433. The Morgan fingerprint density at radius 3 is 2.55 bits per heavy atom. The van der Waals surface area contributed by atoms with E-state index in [1.807, 2.05) is 70.2 Å². The van der Waals surface area contributed by atoms with E-state index in [2.05, 4.69) is 26.1 Å². The highest BCUT2D eigenvalue weighted by Crippen LogP contribution is 2.33. The van der Waals surface area contributed by atoms with Gasteiger partial charge < -0.3 is 15.0 Å². The number of hydrogen-bond donors (Lipinski definition) is 1. The Morgan fingerprint density at radius 2 is 1.87 bits per heavy atom. The first kappa shape index (κ1) is 28.4. The molecule has 1 fully saturated rings. The van der Waals surface area contributed by atoms with Gasteiger partial charge in [0.05, 0.1) is 11.1 Å². The largest absolute Gasteiger partial charge is 0.460 e. The molecule has 3 aromatic rings. The molecule has 8 heteroatoms. The number of fused-ring (bicyclic) bond motifs is 1. The summed E-state index contributed by atoms with van der Waals surface area (Å²) in [7, 11) is 0. The van der Waals surface area contributed by atoms with E-state index < -0.39 is 5.60 Å². The summed E-state index contributed by atoms with van der Waals surface area (Å²) in [6, 6.07) is 13.4. The molecule has 2 heterocycles. The number of nitrogens with zero attached hydrogens (tertiary/aromatic N) is 2. The predicted octanol–water partition coefficient (Wildman–Crippen LogP) is 7.19. The number of carbonyl (C=O) groups excluding carboxylic acids is 2. The van der Waals surface area contributed by atoms with Crippen molar-refractivity contribution >= 4 is 56.1 Å². The highest BCUT2D eigenvalue weighted by atomic mass is 79.9. The molecule has 2 aromatic carbocycles. The third-order valence-corrected chi connectivity index (χ3v) is 7.61. The molecule has 1 amide bonds. The lowest BCUT2D eigenvalue weighted by molar-refractivity contribution is -0.155. The quantitative estimate of drug-likeness (QED) is 0.277. The first-order valence-corrected chi connectivity index (χ1v) is 14.3. The lowest BCUT2D eigenvalue weighted by Crippen LogP contribution is -2.31. The number of pyridine rings is 1. The van der Waals surface area contributed by atoms with Gasteiger partial charge >= 0.3 is 5.97 Å². The zero-order valence-electron chi connectivity index (χ0n) is 22.4. The summed E-state index contributed by atoms with van der Waals surface area (Å²) in [4.78, 5) is 33.5. The van der Waals surface area contributed by atoms with Crippen LogP contribution in [0.1, 0.15) is 73.9 Å². The number of carbonyl (C=O) groups is 2. The summed E-state index contributed by atoms with van der Waals surface area (Å²) < 4.78 is 6.40. The molecule has 0 bridgehead atoms. The summed E-state index contributed by atoms with van der Waals surface area (Å²) in [6.07, 6.45) is 2.97.